The summed E-state index contributed by atoms with van der Waals surface area (Å²) in [5.41, 5.74) is 6.07. The van der Waals surface area contributed by atoms with Gasteiger partial charge in [0.1, 0.15) is 18.0 Å². The fourth-order valence-corrected chi connectivity index (χ4v) is 6.13. The van der Waals surface area contributed by atoms with Crippen molar-refractivity contribution in [2.75, 3.05) is 23.8 Å². The number of nitrogen functional groups attached to an aromatic ring is 1. The summed E-state index contributed by atoms with van der Waals surface area (Å²) in [4.78, 5) is 47.9. The summed E-state index contributed by atoms with van der Waals surface area (Å²) in [7, 11) is -4.34. The molecule has 2 amide bonds. The Morgan fingerprint density at radius 2 is 2.05 bits per heavy atom. The van der Waals surface area contributed by atoms with Crippen molar-refractivity contribution in [3.05, 3.63) is 47.2 Å². The topological polar surface area (TPSA) is 224 Å². The standard InChI is InChI=1S/C21H23N7O8S3.Na/c1-2-36-25-13(16-24-21(22)38-26-16)17(29)23-14-18(30)28-15(20(31)32)12(10-37-19(14)28)9-27-6-3-11(4-7-27)5-8-39(33,34)35;/h3-4,6-7,14,19H,2,5,8-10H2,1H3,(H4-,22,23,24,26,29,31,32,33,34,35);/q;+1/p-1/t14?,19-;/m1./s1. The van der Waals surface area contributed by atoms with Crippen LogP contribution in [0.25, 0.3) is 0 Å². The summed E-state index contributed by atoms with van der Waals surface area (Å²) in [6, 6.07) is 2.20. The molecule has 2 aromatic heterocycles. The molecule has 1 unspecified atom stereocenters. The number of rotatable bonds is 11. The van der Waals surface area contributed by atoms with Gasteiger partial charge in [0, 0.05) is 40.7 Å². The van der Waals surface area contributed by atoms with Crippen molar-refractivity contribution in [1.29, 1.82) is 0 Å². The molecule has 4 heterocycles. The Morgan fingerprint density at radius 3 is 2.62 bits per heavy atom. The SMILES string of the molecule is CCON=C(C(=O)NC1C(=O)N2C(C(=O)[O-])=C(C[n+]3ccc(CCS(=O)(=O)[O-])cc3)CS[C@H]12)c1nsc(N)n1.[Na+]. The average Bonchev–Trinajstić information content (AvgIpc) is 3.31. The molecule has 40 heavy (non-hydrogen) atoms. The first kappa shape index (κ1) is 31.9. The van der Waals surface area contributed by atoms with E-state index < -0.39 is 45.1 Å². The molecule has 15 nitrogen and oxygen atoms in total. The van der Waals surface area contributed by atoms with Crippen molar-refractivity contribution < 1.29 is 71.4 Å². The number of aliphatic carboxylic acids is 1. The smallest absolute Gasteiger partial charge is 0.748 e. The molecule has 2 aliphatic heterocycles. The van der Waals surface area contributed by atoms with Crippen LogP contribution >= 0.6 is 23.3 Å². The maximum atomic E-state index is 13.0. The second kappa shape index (κ2) is 13.4. The molecule has 2 aliphatic rings. The number of aromatic nitrogens is 3. The third-order valence-corrected chi connectivity index (χ3v) is 8.24. The van der Waals surface area contributed by atoms with Crippen LogP contribution in [-0.2, 0) is 42.3 Å². The van der Waals surface area contributed by atoms with E-state index in [1.54, 1.807) is 36.0 Å². The van der Waals surface area contributed by atoms with Gasteiger partial charge in [0.05, 0.1) is 21.8 Å². The summed E-state index contributed by atoms with van der Waals surface area (Å²) < 4.78 is 38.1. The average molecular weight is 620 g/mol. The minimum absolute atomic E-state index is 0. The van der Waals surface area contributed by atoms with Crippen molar-refractivity contribution in [2.45, 2.75) is 31.3 Å². The monoisotopic (exact) mass is 619 g/mol. The van der Waals surface area contributed by atoms with E-state index in [1.165, 1.54) is 11.8 Å². The van der Waals surface area contributed by atoms with E-state index >= 15 is 0 Å². The van der Waals surface area contributed by atoms with Crippen LogP contribution in [0.4, 0.5) is 5.13 Å². The molecular weight excluding hydrogens is 597 g/mol. The molecule has 0 radical (unpaired) electrons. The van der Waals surface area contributed by atoms with Crippen molar-refractivity contribution in [3.63, 3.8) is 0 Å². The van der Waals surface area contributed by atoms with Crippen LogP contribution in [0.2, 0.25) is 0 Å². The van der Waals surface area contributed by atoms with E-state index in [-0.39, 0.29) is 77.2 Å². The number of hydrogen-bond donors (Lipinski definition) is 2. The molecule has 0 saturated carbocycles. The molecule has 0 bridgehead atoms. The van der Waals surface area contributed by atoms with Crippen molar-refractivity contribution in [3.8, 4) is 0 Å². The Bertz CT molecular complexity index is 1460. The second-order valence-corrected chi connectivity index (χ2v) is 11.7. The fraction of sp³-hybridized carbons (Fsp3) is 0.381. The van der Waals surface area contributed by atoms with Crippen molar-refractivity contribution in [1.82, 2.24) is 19.6 Å². The summed E-state index contributed by atoms with van der Waals surface area (Å²) in [6.45, 7) is 1.94. The molecular formula is C21H22N7NaO8S3. The zero-order chi connectivity index (χ0) is 28.3. The Labute approximate surface area is 259 Å². The molecule has 2 aromatic rings. The third-order valence-electron chi connectivity index (χ3n) is 5.66. The number of pyridine rings is 1. The molecule has 208 valence electrons. The van der Waals surface area contributed by atoms with Gasteiger partial charge in [-0.15, -0.1) is 11.8 Å². The van der Waals surface area contributed by atoms with Crippen LogP contribution in [0.1, 0.15) is 18.3 Å². The van der Waals surface area contributed by atoms with E-state index in [1.807, 2.05) is 0 Å². The zero-order valence-corrected chi connectivity index (χ0v) is 25.8. The molecule has 0 aromatic carbocycles. The van der Waals surface area contributed by atoms with Crippen LogP contribution < -0.4 is 50.3 Å². The molecule has 2 atom stereocenters. The zero-order valence-electron chi connectivity index (χ0n) is 21.3. The van der Waals surface area contributed by atoms with Crippen LogP contribution in [0.15, 0.2) is 41.0 Å². The first-order valence-electron chi connectivity index (χ1n) is 11.4. The molecule has 0 aliphatic carbocycles. The van der Waals surface area contributed by atoms with Gasteiger partial charge in [0.25, 0.3) is 11.8 Å². The first-order chi connectivity index (χ1) is 18.5. The molecule has 1 saturated heterocycles. The number of oxime groups is 1. The number of nitrogens with two attached hydrogens (primary N) is 1. The van der Waals surface area contributed by atoms with Crippen LogP contribution in [0.5, 0.6) is 0 Å². The number of carboxylic acids is 1. The minimum Gasteiger partial charge on any atom is -0.748 e. The Hall–Kier alpha value is -2.61. The molecule has 0 spiro atoms. The van der Waals surface area contributed by atoms with Crippen LogP contribution in [-0.4, -0.2) is 80.3 Å². The molecule has 3 N–H and O–H groups in total. The van der Waals surface area contributed by atoms with Gasteiger partial charge in [-0.25, -0.2) is 13.0 Å². The Kier molecular flexibility index (Phi) is 10.7. The van der Waals surface area contributed by atoms with Crippen LogP contribution in [0, 0.1) is 0 Å². The largest absolute Gasteiger partial charge is 1.00 e. The van der Waals surface area contributed by atoms with Gasteiger partial charge in [-0.3, -0.25) is 14.5 Å². The van der Waals surface area contributed by atoms with E-state index in [4.69, 9.17) is 10.6 Å². The van der Waals surface area contributed by atoms with Gasteiger partial charge in [-0.2, -0.15) is 9.36 Å². The van der Waals surface area contributed by atoms with E-state index in [2.05, 4.69) is 19.8 Å². The Balaban J connectivity index is 0.00000441. The van der Waals surface area contributed by atoms with Gasteiger partial charge in [-0.1, -0.05) is 5.16 Å². The first-order valence-corrected chi connectivity index (χ1v) is 14.8. The number of amides is 2. The predicted octanol–water partition coefficient (Wildman–Crippen LogP) is -5.66. The van der Waals surface area contributed by atoms with Crippen molar-refractivity contribution >= 4 is 62.0 Å². The summed E-state index contributed by atoms with van der Waals surface area (Å²) in [5.74, 6) is -3.33. The normalized spacial score (nSPS) is 18.9. The number of fused-ring (bicyclic) bond motifs is 1. The number of nitrogens with one attached hydrogen (secondary N) is 1. The van der Waals surface area contributed by atoms with Crippen molar-refractivity contribution in [2.24, 2.45) is 5.16 Å². The summed E-state index contributed by atoms with van der Waals surface area (Å²) in [6.07, 6.45) is 3.28. The molecule has 19 heteroatoms. The maximum absolute atomic E-state index is 13.0. The number of hydrogen-bond acceptors (Lipinski definition) is 14. The van der Waals surface area contributed by atoms with E-state index in [0.717, 1.165) is 16.4 Å². The summed E-state index contributed by atoms with van der Waals surface area (Å²) in [5, 5.41) is 17.7. The number of carbonyl (C=O) groups excluding carboxylic acids is 3. The van der Waals surface area contributed by atoms with Gasteiger partial charge < -0.3 is 30.3 Å². The quantitative estimate of drug-likeness (QED) is 0.0600. The Morgan fingerprint density at radius 1 is 1.35 bits per heavy atom. The minimum atomic E-state index is -4.34. The molecule has 4 rings (SSSR count). The van der Waals surface area contributed by atoms with E-state index in [0.29, 0.717) is 11.1 Å². The number of carbonyl (C=O) groups is 3. The number of thioether (sulfide) groups is 1. The summed E-state index contributed by atoms with van der Waals surface area (Å²) >= 11 is 2.12. The number of nitrogens with zero attached hydrogens (tertiary/aromatic N) is 5. The number of β-lactam (4-membered cyclic amide) rings is 1. The third kappa shape index (κ3) is 7.36. The van der Waals surface area contributed by atoms with Gasteiger partial charge >= 0.3 is 29.6 Å². The predicted molar refractivity (Wildman–Crippen MR) is 134 cm³/mol. The van der Waals surface area contributed by atoms with E-state index in [9.17, 15) is 32.5 Å². The maximum Gasteiger partial charge on any atom is 1.00 e. The van der Waals surface area contributed by atoms with Gasteiger partial charge in [0.15, 0.2) is 24.1 Å². The number of aryl methyl sites for hydroxylation is 1. The van der Waals surface area contributed by atoms with Gasteiger partial charge in [0.2, 0.25) is 11.5 Å². The molecule has 1 fully saturated rings. The number of carboxylic acid groups (broad SMARTS) is 1. The fourth-order valence-electron chi connectivity index (χ4n) is 3.87. The van der Waals surface area contributed by atoms with Crippen LogP contribution in [0.3, 0.4) is 0 Å². The number of anilines is 1. The van der Waals surface area contributed by atoms with Gasteiger partial charge in [-0.05, 0) is 18.9 Å². The second-order valence-electron chi connectivity index (χ2n) is 8.30.